The molecule has 0 aromatic heterocycles. The van der Waals surface area contributed by atoms with Gasteiger partial charge in [-0.05, 0) is 24.3 Å². The summed E-state index contributed by atoms with van der Waals surface area (Å²) >= 11 is -2.31. The first-order valence-electron chi connectivity index (χ1n) is 3.50. The van der Waals surface area contributed by atoms with Gasteiger partial charge in [0.25, 0.3) is 11.3 Å². The van der Waals surface area contributed by atoms with Crippen LogP contribution in [-0.4, -0.2) is 27.3 Å². The molecule has 2 atom stereocenters. The lowest BCUT2D eigenvalue weighted by atomic mass is 10.2. The van der Waals surface area contributed by atoms with Crippen molar-refractivity contribution in [1.29, 1.82) is 0 Å². The van der Waals surface area contributed by atoms with Crippen LogP contribution in [0.2, 0.25) is 0 Å². The molecule has 70 valence electrons. The van der Waals surface area contributed by atoms with E-state index in [-0.39, 0.29) is 6.04 Å². The number of hydrogen-bond donors (Lipinski definition) is 3. The summed E-state index contributed by atoms with van der Waals surface area (Å²) < 4.78 is 18.2. The Morgan fingerprint density at radius 3 is 3.00 bits per heavy atom. The van der Waals surface area contributed by atoms with E-state index < -0.39 is 17.2 Å². The summed E-state index contributed by atoms with van der Waals surface area (Å²) in [5.74, 6) is -0.546. The molecule has 0 bridgehead atoms. The van der Waals surface area contributed by atoms with E-state index in [0.29, 0.717) is 6.42 Å². The summed E-state index contributed by atoms with van der Waals surface area (Å²) in [7, 11) is 0. The molecule has 0 aromatic carbocycles. The maximum Gasteiger partial charge on any atom is 0.342 e. The summed E-state index contributed by atoms with van der Waals surface area (Å²) in [4.78, 5) is 16.9. The minimum atomic E-state index is -2.31. The van der Waals surface area contributed by atoms with Gasteiger partial charge in [-0.3, -0.25) is 4.55 Å². The largest absolute Gasteiger partial charge is 0.354 e. The third-order valence-corrected chi connectivity index (χ3v) is 1.78. The highest BCUT2D eigenvalue weighted by Crippen LogP contribution is 2.05. The molecule has 0 spiro atoms. The van der Waals surface area contributed by atoms with Crippen molar-refractivity contribution >= 4 is 17.2 Å². The van der Waals surface area contributed by atoms with Gasteiger partial charge in [0.15, 0.2) is 0 Å². The van der Waals surface area contributed by atoms with Crippen LogP contribution in [0.4, 0.5) is 0 Å². The zero-order chi connectivity index (χ0) is 8.97. The summed E-state index contributed by atoms with van der Waals surface area (Å²) in [5, 5.41) is 2.88. The van der Waals surface area contributed by atoms with Crippen molar-refractivity contribution in [3.05, 3.63) is 0 Å². The average Bonchev–Trinajstić information content (AvgIpc) is 2.51. The molecule has 1 aliphatic rings. The zero-order valence-corrected chi connectivity index (χ0v) is 7.10. The molecule has 1 saturated heterocycles. The summed E-state index contributed by atoms with van der Waals surface area (Å²) in [5.41, 5.74) is 0. The van der Waals surface area contributed by atoms with Crippen LogP contribution in [0.15, 0.2) is 0 Å². The predicted octanol–water partition coefficient (Wildman–Crippen LogP) is -1.08. The predicted molar refractivity (Wildman–Crippen MR) is 41.0 cm³/mol. The van der Waals surface area contributed by atoms with Crippen molar-refractivity contribution in [3.8, 4) is 0 Å². The molecular weight excluding hydrogens is 184 g/mol. The van der Waals surface area contributed by atoms with Crippen LogP contribution >= 0.6 is 0 Å². The van der Waals surface area contributed by atoms with Gasteiger partial charge in [0.05, 0.1) is 0 Å². The molecule has 0 aliphatic carbocycles. The molecule has 3 N–H and O–H groups in total. The Kier molecular flexibility index (Phi) is 3.60. The first-order chi connectivity index (χ1) is 5.70. The van der Waals surface area contributed by atoms with Crippen LogP contribution in [0.5, 0.6) is 0 Å². The molecule has 7 heteroatoms. The van der Waals surface area contributed by atoms with Crippen LogP contribution in [0.1, 0.15) is 12.8 Å². The molecule has 0 aromatic rings. The van der Waals surface area contributed by atoms with Crippen LogP contribution in [-0.2, 0) is 20.9 Å². The minimum Gasteiger partial charge on any atom is -0.354 e. The van der Waals surface area contributed by atoms with E-state index in [1.807, 2.05) is 0 Å². The number of hydrogen-bond acceptors (Lipinski definition) is 4. The Balaban J connectivity index is 2.23. The Bertz CT molecular complexity index is 192. The van der Waals surface area contributed by atoms with E-state index >= 15 is 0 Å². The quantitative estimate of drug-likeness (QED) is 0.393. The second-order valence-corrected chi connectivity index (χ2v) is 3.07. The molecular formula is C5H10N2O4S. The van der Waals surface area contributed by atoms with Gasteiger partial charge in [-0.25, -0.2) is 9.00 Å². The van der Waals surface area contributed by atoms with Crippen molar-refractivity contribution in [3.63, 3.8) is 0 Å². The Hall–Kier alpha value is -0.500. The van der Waals surface area contributed by atoms with Crippen LogP contribution < -0.4 is 10.2 Å². The fourth-order valence-corrected chi connectivity index (χ4v) is 1.19. The zero-order valence-electron chi connectivity index (χ0n) is 6.28. The normalized spacial score (nSPS) is 25.2. The van der Waals surface area contributed by atoms with E-state index in [9.17, 15) is 9.00 Å². The van der Waals surface area contributed by atoms with Gasteiger partial charge in [0.2, 0.25) is 0 Å². The SMILES string of the molecule is O=C(ONS(=O)O)C1CCCN1. The van der Waals surface area contributed by atoms with E-state index in [0.717, 1.165) is 13.0 Å². The van der Waals surface area contributed by atoms with E-state index in [2.05, 4.69) is 10.2 Å². The highest BCUT2D eigenvalue weighted by atomic mass is 32.2. The molecule has 1 aliphatic heterocycles. The van der Waals surface area contributed by atoms with Gasteiger partial charge in [-0.2, -0.15) is 0 Å². The molecule has 6 nitrogen and oxygen atoms in total. The molecule has 1 rings (SSSR count). The lowest BCUT2D eigenvalue weighted by Crippen LogP contribution is -2.36. The van der Waals surface area contributed by atoms with Crippen molar-refractivity contribution < 1.29 is 18.4 Å². The number of rotatable bonds is 3. The number of nitrogens with one attached hydrogen (secondary N) is 2. The topological polar surface area (TPSA) is 87.7 Å². The Morgan fingerprint density at radius 1 is 1.75 bits per heavy atom. The van der Waals surface area contributed by atoms with E-state index in [1.54, 1.807) is 4.89 Å². The van der Waals surface area contributed by atoms with E-state index in [1.165, 1.54) is 0 Å². The van der Waals surface area contributed by atoms with Crippen molar-refractivity contribution in [2.45, 2.75) is 18.9 Å². The highest BCUT2D eigenvalue weighted by molar-refractivity contribution is 7.76. The van der Waals surface area contributed by atoms with Crippen LogP contribution in [0, 0.1) is 0 Å². The Morgan fingerprint density at radius 2 is 2.50 bits per heavy atom. The third kappa shape index (κ3) is 2.86. The molecule has 12 heavy (non-hydrogen) atoms. The van der Waals surface area contributed by atoms with Crippen LogP contribution in [0.3, 0.4) is 0 Å². The standard InChI is InChI=1S/C5H10N2O4S/c8-5(11-7-12(9)10)4-2-1-3-6-4/h4,6-7H,1-3H2,(H,9,10). The maximum atomic E-state index is 11.0. The van der Waals surface area contributed by atoms with Gasteiger partial charge in [0, 0.05) is 0 Å². The monoisotopic (exact) mass is 194 g/mol. The van der Waals surface area contributed by atoms with Gasteiger partial charge < -0.3 is 10.2 Å². The van der Waals surface area contributed by atoms with Crippen molar-refractivity contribution in [1.82, 2.24) is 10.2 Å². The number of carbonyl (C=O) groups is 1. The van der Waals surface area contributed by atoms with Gasteiger partial charge >= 0.3 is 5.97 Å². The van der Waals surface area contributed by atoms with Gasteiger partial charge in [-0.1, -0.05) is 0 Å². The molecule has 1 heterocycles. The van der Waals surface area contributed by atoms with Crippen LogP contribution in [0.25, 0.3) is 0 Å². The van der Waals surface area contributed by atoms with Gasteiger partial charge in [-0.15, -0.1) is 0 Å². The van der Waals surface area contributed by atoms with Gasteiger partial charge in [0.1, 0.15) is 6.04 Å². The molecule has 0 amide bonds. The third-order valence-electron chi connectivity index (χ3n) is 1.56. The summed E-state index contributed by atoms with van der Waals surface area (Å²) in [6.45, 7) is 0.780. The fourth-order valence-electron chi connectivity index (χ4n) is 1.03. The molecule has 0 radical (unpaired) electrons. The van der Waals surface area contributed by atoms with Crippen molar-refractivity contribution in [2.24, 2.45) is 0 Å². The Labute approximate surface area is 72.0 Å². The molecule has 0 saturated carbocycles. The first-order valence-corrected chi connectivity index (χ1v) is 4.61. The lowest BCUT2D eigenvalue weighted by Gasteiger charge is -2.07. The van der Waals surface area contributed by atoms with Crippen molar-refractivity contribution in [2.75, 3.05) is 6.54 Å². The fraction of sp³-hybridized carbons (Fsp3) is 0.800. The summed E-state index contributed by atoms with van der Waals surface area (Å²) in [6.07, 6.45) is 1.63. The molecule has 1 fully saturated rings. The second-order valence-electron chi connectivity index (χ2n) is 2.40. The van der Waals surface area contributed by atoms with E-state index in [4.69, 9.17) is 4.55 Å². The maximum absolute atomic E-state index is 11.0. The summed E-state index contributed by atoms with van der Waals surface area (Å²) in [6, 6.07) is -0.346. The highest BCUT2D eigenvalue weighted by Gasteiger charge is 2.23. The second kappa shape index (κ2) is 4.51. The lowest BCUT2D eigenvalue weighted by molar-refractivity contribution is -0.149. The molecule has 2 unspecified atom stereocenters. The number of carbonyl (C=O) groups excluding carboxylic acids is 1. The smallest absolute Gasteiger partial charge is 0.342 e. The first kappa shape index (κ1) is 9.59. The minimum absolute atomic E-state index is 0.346. The average molecular weight is 194 g/mol.